The minimum Gasteiger partial charge on any atom is -0.318 e. The van der Waals surface area contributed by atoms with Gasteiger partial charge >= 0.3 is 0 Å². The van der Waals surface area contributed by atoms with Crippen molar-refractivity contribution in [3.63, 3.8) is 0 Å². The molecule has 11 heteroatoms. The van der Waals surface area contributed by atoms with E-state index in [1.807, 2.05) is 43.5 Å². The van der Waals surface area contributed by atoms with Crippen LogP contribution in [0.25, 0.3) is 5.69 Å². The predicted octanol–water partition coefficient (Wildman–Crippen LogP) is 8.52. The first-order chi connectivity index (χ1) is 21.4. The number of nitrogens with zero attached hydrogens (tertiary/aromatic N) is 3. The Hall–Kier alpha value is -4.08. The molecule has 0 atom stereocenters. The van der Waals surface area contributed by atoms with Crippen molar-refractivity contribution in [3.8, 4) is 5.69 Å². The Kier molecular flexibility index (Phi) is 9.70. The van der Waals surface area contributed by atoms with Crippen LogP contribution >= 0.6 is 34.8 Å². The molecule has 7 nitrogen and oxygen atoms in total. The lowest BCUT2D eigenvalue weighted by Crippen LogP contribution is -2.33. The molecule has 1 heterocycles. The van der Waals surface area contributed by atoms with E-state index in [-0.39, 0.29) is 22.7 Å². The number of benzene rings is 4. The Balaban J connectivity index is 1.46. The molecule has 5 aromatic rings. The number of aryl methyl sites for hydroxylation is 2. The smallest absolute Gasteiger partial charge is 0.273 e. The minimum absolute atomic E-state index is 0.0273. The summed E-state index contributed by atoms with van der Waals surface area (Å²) in [6.45, 7) is 5.72. The molecule has 0 spiro atoms. The second-order valence-electron chi connectivity index (χ2n) is 10.5. The Labute approximate surface area is 277 Å². The third-order valence-electron chi connectivity index (χ3n) is 7.21. The fourth-order valence-electron chi connectivity index (χ4n) is 4.98. The van der Waals surface area contributed by atoms with E-state index in [1.54, 1.807) is 85.1 Å². The summed E-state index contributed by atoms with van der Waals surface area (Å²) < 4.78 is 31.3. The van der Waals surface area contributed by atoms with E-state index in [4.69, 9.17) is 34.8 Å². The Bertz CT molecular complexity index is 1990. The summed E-state index contributed by atoms with van der Waals surface area (Å²) in [5.74, 6) is -0.572. The molecule has 0 aliphatic rings. The number of anilines is 1. The van der Waals surface area contributed by atoms with E-state index in [2.05, 4.69) is 10.5 Å². The van der Waals surface area contributed by atoms with Gasteiger partial charge in [0.15, 0.2) is 0 Å². The van der Waals surface area contributed by atoms with E-state index in [0.717, 1.165) is 28.2 Å². The van der Waals surface area contributed by atoms with Crippen LogP contribution < -0.4 is 9.73 Å². The summed E-state index contributed by atoms with van der Waals surface area (Å²) >= 11 is 18.5. The number of nitrogens with one attached hydrogen (secondary N) is 1. The molecule has 230 valence electrons. The first-order valence-corrected chi connectivity index (χ1v) is 16.4. The molecule has 0 saturated heterocycles. The highest BCUT2D eigenvalue weighted by Gasteiger charge is 2.28. The van der Waals surface area contributed by atoms with Crippen molar-refractivity contribution in [2.24, 2.45) is 5.10 Å². The Morgan fingerprint density at radius 3 is 2.16 bits per heavy atom. The van der Waals surface area contributed by atoms with Crippen LogP contribution in [0.3, 0.4) is 0 Å². The average molecular weight is 680 g/mol. The van der Waals surface area contributed by atoms with Gasteiger partial charge in [0.25, 0.3) is 15.9 Å². The zero-order chi connectivity index (χ0) is 32.3. The number of hydrogen-bond acceptors (Lipinski definition) is 4. The molecule has 0 fully saturated rings. The van der Waals surface area contributed by atoms with Crippen LogP contribution in [0.2, 0.25) is 15.1 Å². The number of halogens is 3. The lowest BCUT2D eigenvalue weighted by atomic mass is 10.1. The molecule has 1 N–H and O–H groups in total. The van der Waals surface area contributed by atoms with E-state index < -0.39 is 15.9 Å². The van der Waals surface area contributed by atoms with Crippen LogP contribution in [0.15, 0.2) is 107 Å². The predicted molar refractivity (Wildman–Crippen MR) is 183 cm³/mol. The molecule has 0 saturated carbocycles. The van der Waals surface area contributed by atoms with Gasteiger partial charge in [-0.2, -0.15) is 5.10 Å². The zero-order valence-corrected chi connectivity index (χ0v) is 27.7. The number of hydrazone groups is 1. The van der Waals surface area contributed by atoms with Gasteiger partial charge in [-0.05, 0) is 87.0 Å². The molecule has 0 unspecified atom stereocenters. The molecule has 1 amide bonds. The number of para-hydroxylation sites is 1. The van der Waals surface area contributed by atoms with Crippen molar-refractivity contribution >= 4 is 62.6 Å². The Morgan fingerprint density at radius 1 is 0.844 bits per heavy atom. The fraction of sp³-hybridized carbons (Fsp3) is 0.118. The SMILES string of the molecule is Cc1ccc(S(=O)(=O)N(Cc2ccc(Cl)cc2)c2ccccc2C(=O)N/N=C\c2cc(C)n(-c3cc(Cl)cc(Cl)c3)c2C)cc1. The van der Waals surface area contributed by atoms with Crippen molar-refractivity contribution in [2.45, 2.75) is 32.2 Å². The van der Waals surface area contributed by atoms with Crippen LogP contribution in [0, 0.1) is 20.8 Å². The number of amides is 1. The van der Waals surface area contributed by atoms with Crippen molar-refractivity contribution in [3.05, 3.63) is 146 Å². The minimum atomic E-state index is -4.08. The van der Waals surface area contributed by atoms with Crippen LogP contribution in [0.5, 0.6) is 0 Å². The normalized spacial score (nSPS) is 11.6. The third kappa shape index (κ3) is 7.26. The highest BCUT2D eigenvalue weighted by atomic mass is 35.5. The molecule has 1 aromatic heterocycles. The second kappa shape index (κ2) is 13.5. The summed E-state index contributed by atoms with van der Waals surface area (Å²) in [6.07, 6.45) is 1.54. The first kappa shape index (κ1) is 32.3. The van der Waals surface area contributed by atoms with Crippen molar-refractivity contribution in [1.82, 2.24) is 9.99 Å². The molecule has 4 aromatic carbocycles. The van der Waals surface area contributed by atoms with E-state index >= 15 is 0 Å². The van der Waals surface area contributed by atoms with Gasteiger partial charge in [0.1, 0.15) is 0 Å². The number of carbonyl (C=O) groups excluding carboxylic acids is 1. The largest absolute Gasteiger partial charge is 0.318 e. The first-order valence-electron chi connectivity index (χ1n) is 13.9. The highest BCUT2D eigenvalue weighted by Crippen LogP contribution is 2.30. The number of sulfonamides is 1. The summed E-state index contributed by atoms with van der Waals surface area (Å²) in [5, 5.41) is 5.77. The molecule has 45 heavy (non-hydrogen) atoms. The lowest BCUT2D eigenvalue weighted by Gasteiger charge is -2.26. The van der Waals surface area contributed by atoms with Crippen LogP contribution in [0.4, 0.5) is 5.69 Å². The molecule has 0 aliphatic heterocycles. The molecule has 5 rings (SSSR count). The lowest BCUT2D eigenvalue weighted by molar-refractivity contribution is 0.0955. The van der Waals surface area contributed by atoms with Gasteiger partial charge in [0, 0.05) is 37.7 Å². The van der Waals surface area contributed by atoms with Gasteiger partial charge in [-0.25, -0.2) is 13.8 Å². The average Bonchev–Trinajstić information content (AvgIpc) is 3.28. The van der Waals surface area contributed by atoms with Gasteiger partial charge in [0.2, 0.25) is 0 Å². The van der Waals surface area contributed by atoms with Gasteiger partial charge < -0.3 is 4.57 Å². The van der Waals surface area contributed by atoms with Gasteiger partial charge in [-0.3, -0.25) is 9.10 Å². The molecular weight excluding hydrogens is 651 g/mol. The molecular formula is C34H29Cl3N4O3S. The third-order valence-corrected chi connectivity index (χ3v) is 9.67. The Morgan fingerprint density at radius 2 is 1.49 bits per heavy atom. The standard InChI is InChI=1S/C34H29Cl3N4O3S/c1-22-8-14-31(15-9-22)45(43,44)40(21-25-10-12-27(35)13-11-25)33-7-5-4-6-32(33)34(42)39-38-20-26-16-23(2)41(24(26)3)30-18-28(36)17-29(37)19-30/h4-20H,21H2,1-3H3,(H,39,42)/b38-20-. The number of carbonyl (C=O) groups is 1. The van der Waals surface area contributed by atoms with Crippen molar-refractivity contribution in [1.29, 1.82) is 0 Å². The molecule has 0 aliphatic carbocycles. The van der Waals surface area contributed by atoms with Crippen molar-refractivity contribution < 1.29 is 13.2 Å². The number of hydrogen-bond donors (Lipinski definition) is 1. The number of rotatable bonds is 9. The fourth-order valence-corrected chi connectivity index (χ4v) is 7.09. The van der Waals surface area contributed by atoms with E-state index in [1.165, 1.54) is 4.31 Å². The van der Waals surface area contributed by atoms with Crippen LogP contribution in [-0.4, -0.2) is 25.1 Å². The highest BCUT2D eigenvalue weighted by molar-refractivity contribution is 7.92. The summed E-state index contributed by atoms with van der Waals surface area (Å²) in [4.78, 5) is 13.6. The van der Waals surface area contributed by atoms with E-state index in [9.17, 15) is 13.2 Å². The second-order valence-corrected chi connectivity index (χ2v) is 13.6. The van der Waals surface area contributed by atoms with Crippen LogP contribution in [0.1, 0.15) is 38.4 Å². The van der Waals surface area contributed by atoms with Gasteiger partial charge in [0.05, 0.1) is 28.9 Å². The maximum absolute atomic E-state index is 14.0. The maximum atomic E-state index is 14.0. The van der Waals surface area contributed by atoms with Gasteiger partial charge in [-0.1, -0.05) is 76.8 Å². The zero-order valence-electron chi connectivity index (χ0n) is 24.6. The quantitative estimate of drug-likeness (QED) is 0.125. The topological polar surface area (TPSA) is 83.8 Å². The van der Waals surface area contributed by atoms with Gasteiger partial charge in [-0.15, -0.1) is 0 Å². The monoisotopic (exact) mass is 678 g/mol. The number of aromatic nitrogens is 1. The molecule has 0 bridgehead atoms. The van der Waals surface area contributed by atoms with Crippen molar-refractivity contribution in [2.75, 3.05) is 4.31 Å². The summed E-state index contributed by atoms with van der Waals surface area (Å²) in [7, 11) is -4.08. The summed E-state index contributed by atoms with van der Waals surface area (Å²) in [5.41, 5.74) is 7.88. The van der Waals surface area contributed by atoms with Crippen LogP contribution in [-0.2, 0) is 16.6 Å². The maximum Gasteiger partial charge on any atom is 0.273 e. The molecule has 0 radical (unpaired) electrons. The van der Waals surface area contributed by atoms with E-state index in [0.29, 0.717) is 20.6 Å². The summed E-state index contributed by atoms with van der Waals surface area (Å²) in [6, 6.07) is 27.2.